The minimum absolute atomic E-state index is 0.264. The van der Waals surface area contributed by atoms with Gasteiger partial charge in [-0.2, -0.15) is 4.98 Å². The van der Waals surface area contributed by atoms with Crippen molar-refractivity contribution in [3.05, 3.63) is 59.9 Å². The molecule has 0 spiro atoms. The van der Waals surface area contributed by atoms with Crippen molar-refractivity contribution in [2.45, 2.75) is 25.6 Å². The van der Waals surface area contributed by atoms with Crippen LogP contribution in [0.3, 0.4) is 0 Å². The van der Waals surface area contributed by atoms with Crippen LogP contribution in [0.25, 0.3) is 11.1 Å². The molecule has 0 saturated carbocycles. The number of piperidine rings is 1. The molecule has 1 fully saturated rings. The van der Waals surface area contributed by atoms with Gasteiger partial charge in [-0.15, -0.1) is 0 Å². The molecular weight excluding hydrogens is 556 g/mol. The van der Waals surface area contributed by atoms with E-state index in [0.29, 0.717) is 71.9 Å². The van der Waals surface area contributed by atoms with Gasteiger partial charge in [0.25, 0.3) is 6.01 Å². The number of aliphatic hydroxyl groups excluding tert-OH is 1. The molecule has 1 aliphatic rings. The third kappa shape index (κ3) is 6.24. The van der Waals surface area contributed by atoms with Gasteiger partial charge in [0.05, 0.1) is 67.1 Å². The second kappa shape index (κ2) is 13.1. The fourth-order valence-electron chi connectivity index (χ4n) is 5.30. The minimum Gasteiger partial charge on any atom is -0.497 e. The number of benzene rings is 2. The Morgan fingerprint density at radius 3 is 2.14 bits per heavy atom. The summed E-state index contributed by atoms with van der Waals surface area (Å²) in [5.74, 6) is 1.54. The molecule has 3 heterocycles. The van der Waals surface area contributed by atoms with Crippen LogP contribution in [0, 0.1) is 5.92 Å². The third-order valence-electron chi connectivity index (χ3n) is 7.67. The topological polar surface area (TPSA) is 129 Å². The molecule has 0 amide bonds. The number of fused-ring (bicyclic) bond motifs is 1. The van der Waals surface area contributed by atoms with E-state index in [1.807, 2.05) is 46.2 Å². The van der Waals surface area contributed by atoms with Crippen molar-refractivity contribution < 1.29 is 38.0 Å². The van der Waals surface area contributed by atoms with E-state index in [1.54, 1.807) is 40.8 Å². The van der Waals surface area contributed by atoms with Gasteiger partial charge in [-0.25, -0.2) is 0 Å². The van der Waals surface area contributed by atoms with Gasteiger partial charge >= 0.3 is 5.97 Å². The van der Waals surface area contributed by atoms with Gasteiger partial charge in [0.15, 0.2) is 5.58 Å². The average molecular weight is 593 g/mol. The number of methoxy groups -OCH3 is 5. The molecule has 5 rings (SSSR count). The van der Waals surface area contributed by atoms with Gasteiger partial charge in [-0.05, 0) is 30.7 Å². The molecule has 0 bridgehead atoms. The van der Waals surface area contributed by atoms with E-state index in [4.69, 9.17) is 33.1 Å². The molecule has 1 aliphatic heterocycles. The van der Waals surface area contributed by atoms with Crippen LogP contribution in [0.4, 0.5) is 11.7 Å². The Kier molecular flexibility index (Phi) is 9.05. The first kappa shape index (κ1) is 29.8. The molecule has 0 radical (unpaired) electrons. The number of esters is 1. The van der Waals surface area contributed by atoms with Gasteiger partial charge in [0, 0.05) is 36.3 Å². The molecule has 2 aromatic carbocycles. The highest BCUT2D eigenvalue weighted by Crippen LogP contribution is 2.36. The molecule has 1 N–H and O–H groups in total. The number of anilines is 2. The van der Waals surface area contributed by atoms with Gasteiger partial charge in [0.2, 0.25) is 0 Å². The number of oxazole rings is 1. The summed E-state index contributed by atoms with van der Waals surface area (Å²) in [5.41, 5.74) is 3.55. The molecule has 2 atom stereocenters. The molecule has 1 saturated heterocycles. The molecule has 2 unspecified atom stereocenters. The maximum Gasteiger partial charge on any atom is 0.313 e. The summed E-state index contributed by atoms with van der Waals surface area (Å²) < 4.78 is 33.5. The fraction of sp³-hybridized carbons (Fsp3) is 0.387. The molecule has 12 heteroatoms. The van der Waals surface area contributed by atoms with Gasteiger partial charge in [-0.1, -0.05) is 0 Å². The molecular formula is C31H36N4O8. The Balaban J connectivity index is 1.54. The van der Waals surface area contributed by atoms with Crippen LogP contribution in [0.1, 0.15) is 17.5 Å². The monoisotopic (exact) mass is 592 g/mol. The van der Waals surface area contributed by atoms with Gasteiger partial charge in [0.1, 0.15) is 40.1 Å². The summed E-state index contributed by atoms with van der Waals surface area (Å²) in [5, 5.41) is 10.4. The second-order valence-corrected chi connectivity index (χ2v) is 10.1. The number of aliphatic hydroxyl groups is 1. The quantitative estimate of drug-likeness (QED) is 0.254. The average Bonchev–Trinajstić information content (AvgIpc) is 3.49. The Morgan fingerprint density at radius 2 is 1.58 bits per heavy atom. The van der Waals surface area contributed by atoms with Gasteiger partial charge < -0.3 is 43.0 Å². The standard InChI is InChI=1S/C31H36N4O8/c1-38-21-8-6-19(27(12-21)40-3)16-35(17-20-7-9-22(39-2)13-28(20)41-4)31-33-24-14-32-15-25(29(24)43-31)34-11-10-26(36)23(18-34)30(37)42-5/h6-9,12-15,23,26,36H,10-11,16-18H2,1-5H3. The number of hydrogen-bond donors (Lipinski definition) is 1. The van der Waals surface area contributed by atoms with E-state index in [-0.39, 0.29) is 6.54 Å². The van der Waals surface area contributed by atoms with E-state index in [1.165, 1.54) is 7.11 Å². The maximum atomic E-state index is 12.3. The van der Waals surface area contributed by atoms with Crippen LogP contribution in [0.15, 0.2) is 53.2 Å². The van der Waals surface area contributed by atoms with Crippen molar-refractivity contribution in [1.29, 1.82) is 0 Å². The number of carbonyl (C=O) groups is 1. The number of ether oxygens (including phenoxy) is 5. The minimum atomic E-state index is -0.782. The van der Waals surface area contributed by atoms with Crippen molar-refractivity contribution in [3.8, 4) is 23.0 Å². The highest BCUT2D eigenvalue weighted by atomic mass is 16.5. The summed E-state index contributed by atoms with van der Waals surface area (Å²) in [4.78, 5) is 25.5. The van der Waals surface area contributed by atoms with E-state index < -0.39 is 18.0 Å². The van der Waals surface area contributed by atoms with E-state index >= 15 is 0 Å². The predicted molar refractivity (Wildman–Crippen MR) is 159 cm³/mol. The lowest BCUT2D eigenvalue weighted by atomic mass is 9.94. The summed E-state index contributed by atoms with van der Waals surface area (Å²) in [6.07, 6.45) is 2.95. The Hall–Kier alpha value is -4.71. The zero-order chi connectivity index (χ0) is 30.5. The highest BCUT2D eigenvalue weighted by molar-refractivity contribution is 5.87. The zero-order valence-corrected chi connectivity index (χ0v) is 24.9. The van der Waals surface area contributed by atoms with Crippen LogP contribution in [-0.2, 0) is 22.6 Å². The van der Waals surface area contributed by atoms with E-state index in [9.17, 15) is 9.90 Å². The Morgan fingerprint density at radius 1 is 0.953 bits per heavy atom. The first-order chi connectivity index (χ1) is 20.9. The second-order valence-electron chi connectivity index (χ2n) is 10.1. The third-order valence-corrected chi connectivity index (χ3v) is 7.67. The molecule has 43 heavy (non-hydrogen) atoms. The summed E-state index contributed by atoms with van der Waals surface area (Å²) in [6.45, 7) is 1.55. The fourth-order valence-corrected chi connectivity index (χ4v) is 5.30. The van der Waals surface area contributed by atoms with E-state index in [2.05, 4.69) is 4.98 Å². The van der Waals surface area contributed by atoms with Crippen molar-refractivity contribution >= 4 is 28.8 Å². The normalized spacial score (nSPS) is 16.6. The first-order valence-electron chi connectivity index (χ1n) is 13.8. The van der Waals surface area contributed by atoms with Crippen LogP contribution in [0.5, 0.6) is 23.0 Å². The number of nitrogens with zero attached hydrogens (tertiary/aromatic N) is 4. The molecule has 228 valence electrons. The van der Waals surface area contributed by atoms with Crippen LogP contribution in [0.2, 0.25) is 0 Å². The van der Waals surface area contributed by atoms with E-state index in [0.717, 1.165) is 11.1 Å². The smallest absolute Gasteiger partial charge is 0.313 e. The predicted octanol–water partition coefficient (Wildman–Crippen LogP) is 3.82. The molecule has 12 nitrogen and oxygen atoms in total. The molecule has 4 aromatic rings. The van der Waals surface area contributed by atoms with Crippen LogP contribution >= 0.6 is 0 Å². The molecule has 2 aromatic heterocycles. The van der Waals surface area contributed by atoms with Gasteiger partial charge in [-0.3, -0.25) is 9.78 Å². The first-order valence-corrected chi connectivity index (χ1v) is 13.8. The largest absolute Gasteiger partial charge is 0.497 e. The Labute approximate surface area is 249 Å². The molecule has 0 aliphatic carbocycles. The number of rotatable bonds is 11. The van der Waals surface area contributed by atoms with Crippen LogP contribution < -0.4 is 28.7 Å². The highest BCUT2D eigenvalue weighted by Gasteiger charge is 2.35. The number of pyridine rings is 1. The lowest BCUT2D eigenvalue weighted by molar-refractivity contribution is -0.149. The van der Waals surface area contributed by atoms with Crippen molar-refractivity contribution in [1.82, 2.24) is 9.97 Å². The summed E-state index contributed by atoms with van der Waals surface area (Å²) >= 11 is 0. The number of aromatic nitrogens is 2. The van der Waals surface area contributed by atoms with Crippen molar-refractivity contribution in [3.63, 3.8) is 0 Å². The SMILES string of the molecule is COC(=O)C1CN(c2cncc3nc(N(Cc4ccc(OC)cc4OC)Cc4ccc(OC)cc4OC)oc23)CCC1O. The lowest BCUT2D eigenvalue weighted by Crippen LogP contribution is -2.47. The van der Waals surface area contributed by atoms with Crippen molar-refractivity contribution in [2.24, 2.45) is 5.92 Å². The zero-order valence-electron chi connectivity index (χ0n) is 24.9. The lowest BCUT2D eigenvalue weighted by Gasteiger charge is -2.35. The summed E-state index contributed by atoms with van der Waals surface area (Å²) in [7, 11) is 7.77. The van der Waals surface area contributed by atoms with Crippen LogP contribution in [-0.4, -0.2) is 75.8 Å². The maximum absolute atomic E-state index is 12.3. The number of hydrogen-bond acceptors (Lipinski definition) is 12. The van der Waals surface area contributed by atoms with Crippen molar-refractivity contribution in [2.75, 3.05) is 58.4 Å². The summed E-state index contributed by atoms with van der Waals surface area (Å²) in [6, 6.07) is 11.7. The Bertz CT molecular complexity index is 1520. The number of carbonyl (C=O) groups excluding carboxylic acids is 1.